The van der Waals surface area contributed by atoms with E-state index in [0.29, 0.717) is 5.02 Å². The predicted octanol–water partition coefficient (Wildman–Crippen LogP) is 3.58. The first-order chi connectivity index (χ1) is 9.38. The van der Waals surface area contributed by atoms with Crippen molar-refractivity contribution < 1.29 is 4.79 Å². The van der Waals surface area contributed by atoms with Crippen LogP contribution in [0.3, 0.4) is 0 Å². The number of amides is 1. The summed E-state index contributed by atoms with van der Waals surface area (Å²) in [7, 11) is 0. The molecule has 1 heterocycles. The van der Waals surface area contributed by atoms with Crippen LogP contribution in [-0.2, 0) is 11.3 Å². The molecule has 0 radical (unpaired) electrons. The highest BCUT2D eigenvalue weighted by molar-refractivity contribution is 6.31. The highest BCUT2D eigenvalue weighted by Gasteiger charge is 2.19. The summed E-state index contributed by atoms with van der Waals surface area (Å²) in [6.07, 6.45) is 3.37. The zero-order valence-corrected chi connectivity index (χ0v) is 14.0. The van der Waals surface area contributed by atoms with Gasteiger partial charge in [0.1, 0.15) is 6.54 Å². The van der Waals surface area contributed by atoms with Gasteiger partial charge in [-0.15, -0.1) is 0 Å². The van der Waals surface area contributed by atoms with Crippen LogP contribution in [0.25, 0.3) is 0 Å². The Morgan fingerprint density at radius 1 is 1.35 bits per heavy atom. The van der Waals surface area contributed by atoms with E-state index in [1.54, 1.807) is 4.68 Å². The highest BCUT2D eigenvalue weighted by Crippen LogP contribution is 2.19. The maximum Gasteiger partial charge on any atom is 0.244 e. The van der Waals surface area contributed by atoms with Crippen molar-refractivity contribution in [1.29, 1.82) is 0 Å². The lowest BCUT2D eigenvalue weighted by Gasteiger charge is -2.27. The fourth-order valence-electron chi connectivity index (χ4n) is 2.25. The summed E-state index contributed by atoms with van der Waals surface area (Å²) in [5.41, 5.74) is 1.63. The monoisotopic (exact) mass is 299 g/mol. The number of carbonyl (C=O) groups excluding carboxylic acids is 1. The molecule has 1 amide bonds. The predicted molar refractivity (Wildman–Crippen MR) is 83.1 cm³/mol. The van der Waals surface area contributed by atoms with E-state index in [-0.39, 0.29) is 18.5 Å². The molecule has 114 valence electrons. The van der Waals surface area contributed by atoms with Gasteiger partial charge in [0.05, 0.1) is 16.4 Å². The second kappa shape index (κ2) is 7.67. The Morgan fingerprint density at radius 3 is 2.45 bits per heavy atom. The van der Waals surface area contributed by atoms with Crippen molar-refractivity contribution in [2.45, 2.75) is 66.5 Å². The molecule has 4 nitrogen and oxygen atoms in total. The number of carbonyl (C=O) groups is 1. The molecule has 0 aliphatic heterocycles. The molecule has 0 aliphatic rings. The topological polar surface area (TPSA) is 38.1 Å². The first-order valence-electron chi connectivity index (χ1n) is 7.37. The van der Waals surface area contributed by atoms with E-state index in [4.69, 9.17) is 11.6 Å². The average Bonchev–Trinajstić information content (AvgIpc) is 2.62. The first-order valence-corrected chi connectivity index (χ1v) is 7.75. The van der Waals surface area contributed by atoms with Gasteiger partial charge < -0.3 is 4.90 Å². The molecule has 0 unspecified atom stereocenters. The number of nitrogens with zero attached hydrogens (tertiary/aromatic N) is 3. The average molecular weight is 300 g/mol. The first kappa shape index (κ1) is 17.0. The van der Waals surface area contributed by atoms with Crippen molar-refractivity contribution >= 4 is 17.5 Å². The van der Waals surface area contributed by atoms with Crippen LogP contribution in [0.1, 0.15) is 51.4 Å². The molecule has 0 aromatic carbocycles. The Morgan fingerprint density at radius 2 is 2.00 bits per heavy atom. The number of aromatic nitrogens is 2. The Labute approximate surface area is 127 Å². The molecular formula is C15H26ClN3O. The van der Waals surface area contributed by atoms with Gasteiger partial charge in [-0.3, -0.25) is 9.48 Å². The molecule has 0 bridgehead atoms. The van der Waals surface area contributed by atoms with Crippen molar-refractivity contribution in [2.24, 2.45) is 0 Å². The fraction of sp³-hybridized carbons (Fsp3) is 0.733. The molecule has 0 spiro atoms. The Balaban J connectivity index is 2.72. The molecule has 1 aromatic heterocycles. The zero-order valence-electron chi connectivity index (χ0n) is 13.2. The summed E-state index contributed by atoms with van der Waals surface area (Å²) >= 11 is 6.12. The summed E-state index contributed by atoms with van der Waals surface area (Å²) in [4.78, 5) is 14.4. The number of unbranched alkanes of at least 4 members (excludes halogenated alkanes) is 2. The van der Waals surface area contributed by atoms with Gasteiger partial charge in [-0.1, -0.05) is 31.4 Å². The van der Waals surface area contributed by atoms with E-state index in [2.05, 4.69) is 25.9 Å². The summed E-state index contributed by atoms with van der Waals surface area (Å²) < 4.78 is 1.70. The fourth-order valence-corrected chi connectivity index (χ4v) is 2.39. The molecule has 0 saturated heterocycles. The van der Waals surface area contributed by atoms with Crippen molar-refractivity contribution in [3.8, 4) is 0 Å². The second-order valence-electron chi connectivity index (χ2n) is 5.53. The number of aryl methyl sites for hydroxylation is 1. The van der Waals surface area contributed by atoms with Crippen LogP contribution in [0.15, 0.2) is 0 Å². The van der Waals surface area contributed by atoms with E-state index in [0.717, 1.165) is 37.2 Å². The van der Waals surface area contributed by atoms with Crippen molar-refractivity contribution in [3.05, 3.63) is 16.4 Å². The minimum Gasteiger partial charge on any atom is -0.339 e. The summed E-state index contributed by atoms with van der Waals surface area (Å²) in [5.74, 6) is 0.110. The standard InChI is InChI=1S/C15H26ClN3O/c1-6-7-8-9-18(11(2)3)14(20)10-19-13(5)15(16)12(4)17-19/h11H,6-10H2,1-5H3. The van der Waals surface area contributed by atoms with Crippen LogP contribution < -0.4 is 0 Å². The summed E-state index contributed by atoms with van der Waals surface area (Å²) in [6.45, 7) is 11.1. The van der Waals surface area contributed by atoms with Gasteiger partial charge in [-0.25, -0.2) is 0 Å². The van der Waals surface area contributed by atoms with Gasteiger partial charge in [0.2, 0.25) is 5.91 Å². The molecule has 5 heteroatoms. The van der Waals surface area contributed by atoms with Crippen LogP contribution >= 0.6 is 11.6 Å². The third kappa shape index (κ3) is 4.23. The number of rotatable bonds is 7. The number of hydrogen-bond acceptors (Lipinski definition) is 2. The number of hydrogen-bond donors (Lipinski definition) is 0. The molecular weight excluding hydrogens is 274 g/mol. The van der Waals surface area contributed by atoms with E-state index >= 15 is 0 Å². The van der Waals surface area contributed by atoms with Gasteiger partial charge in [0.15, 0.2) is 0 Å². The van der Waals surface area contributed by atoms with Crippen LogP contribution in [0, 0.1) is 13.8 Å². The van der Waals surface area contributed by atoms with Crippen LogP contribution in [0.4, 0.5) is 0 Å². The van der Waals surface area contributed by atoms with E-state index in [1.165, 1.54) is 0 Å². The lowest BCUT2D eigenvalue weighted by atomic mass is 10.2. The summed E-state index contributed by atoms with van der Waals surface area (Å²) in [5, 5.41) is 4.98. The van der Waals surface area contributed by atoms with E-state index in [1.807, 2.05) is 18.7 Å². The minimum absolute atomic E-state index is 0.110. The van der Waals surface area contributed by atoms with Crippen molar-refractivity contribution in [3.63, 3.8) is 0 Å². The zero-order chi connectivity index (χ0) is 15.3. The molecule has 1 aromatic rings. The van der Waals surface area contributed by atoms with Crippen LogP contribution in [0.2, 0.25) is 5.02 Å². The normalized spacial score (nSPS) is 11.2. The third-order valence-corrected chi connectivity index (χ3v) is 4.07. The number of halogens is 1. The van der Waals surface area contributed by atoms with Crippen molar-refractivity contribution in [2.75, 3.05) is 6.54 Å². The molecule has 20 heavy (non-hydrogen) atoms. The molecule has 0 aliphatic carbocycles. The molecule has 0 fully saturated rings. The molecule has 0 N–H and O–H groups in total. The van der Waals surface area contributed by atoms with Crippen molar-refractivity contribution in [1.82, 2.24) is 14.7 Å². The van der Waals surface area contributed by atoms with Gasteiger partial charge in [0.25, 0.3) is 0 Å². The van der Waals surface area contributed by atoms with Gasteiger partial charge in [0, 0.05) is 12.6 Å². The van der Waals surface area contributed by atoms with E-state index in [9.17, 15) is 4.79 Å². The lowest BCUT2D eigenvalue weighted by Crippen LogP contribution is -2.40. The van der Waals surface area contributed by atoms with Crippen LogP contribution in [0.5, 0.6) is 0 Å². The second-order valence-corrected chi connectivity index (χ2v) is 5.91. The van der Waals surface area contributed by atoms with E-state index < -0.39 is 0 Å². The molecule has 1 rings (SSSR count). The molecule has 0 saturated carbocycles. The molecule has 0 atom stereocenters. The maximum atomic E-state index is 12.4. The lowest BCUT2D eigenvalue weighted by molar-refractivity contribution is -0.133. The van der Waals surface area contributed by atoms with Gasteiger partial charge >= 0.3 is 0 Å². The maximum absolute atomic E-state index is 12.4. The SMILES string of the molecule is CCCCCN(C(=O)Cn1nc(C)c(Cl)c1C)C(C)C. The third-order valence-electron chi connectivity index (χ3n) is 3.52. The Bertz CT molecular complexity index is 454. The Kier molecular flexibility index (Phi) is 6.53. The Hall–Kier alpha value is -1.03. The largest absolute Gasteiger partial charge is 0.339 e. The van der Waals surface area contributed by atoms with Crippen LogP contribution in [-0.4, -0.2) is 33.2 Å². The van der Waals surface area contributed by atoms with Gasteiger partial charge in [-0.05, 0) is 34.1 Å². The van der Waals surface area contributed by atoms with Gasteiger partial charge in [-0.2, -0.15) is 5.10 Å². The minimum atomic E-state index is 0.110. The quantitative estimate of drug-likeness (QED) is 0.722. The smallest absolute Gasteiger partial charge is 0.244 e. The summed E-state index contributed by atoms with van der Waals surface area (Å²) in [6, 6.07) is 0.215. The highest BCUT2D eigenvalue weighted by atomic mass is 35.5.